The van der Waals surface area contributed by atoms with E-state index in [2.05, 4.69) is 0 Å². The lowest BCUT2D eigenvalue weighted by atomic mass is 10.1. The maximum Gasteiger partial charge on any atom is 0.343 e. The van der Waals surface area contributed by atoms with Crippen LogP contribution in [0.3, 0.4) is 0 Å². The van der Waals surface area contributed by atoms with E-state index in [0.29, 0.717) is 5.75 Å². The molecule has 2 rings (SSSR count). The molecule has 1 saturated heterocycles. The largest absolute Gasteiger partial charge is 0.507 e. The van der Waals surface area contributed by atoms with Crippen LogP contribution in [-0.4, -0.2) is 52.9 Å². The van der Waals surface area contributed by atoms with Gasteiger partial charge in [0.25, 0.3) is 5.91 Å². The van der Waals surface area contributed by atoms with Crippen LogP contribution in [0.1, 0.15) is 16.8 Å². The second-order valence-corrected chi connectivity index (χ2v) is 4.63. The van der Waals surface area contributed by atoms with Crippen molar-refractivity contribution < 1.29 is 28.9 Å². The van der Waals surface area contributed by atoms with Gasteiger partial charge in [-0.3, -0.25) is 4.79 Å². The van der Waals surface area contributed by atoms with Gasteiger partial charge in [0.1, 0.15) is 11.5 Å². The molecular weight excluding hydrogens is 269 g/mol. The number of ether oxygens (including phenoxy) is 1. The monoisotopic (exact) mass is 283 g/mol. The van der Waals surface area contributed by atoms with E-state index in [4.69, 9.17) is 9.84 Å². The number of carboxylic acids is 1. The van der Waals surface area contributed by atoms with Crippen LogP contribution in [0, 0.1) is 0 Å². The fourth-order valence-electron chi connectivity index (χ4n) is 2.10. The fourth-order valence-corrected chi connectivity index (χ4v) is 2.10. The number of benzene rings is 1. The molecule has 1 aromatic carbocycles. The molecule has 0 spiro atoms. The number of likely N-dealkylation sites (tertiary alicyclic amines) is 1. The number of carboxylic acid groups (broad SMARTS) is 1. The molecule has 2 N–H and O–H groups in total. The number of alkyl halides is 1. The Morgan fingerprint density at radius 3 is 2.70 bits per heavy atom. The summed E-state index contributed by atoms with van der Waals surface area (Å²) in [6.07, 6.45) is -0.265. The Balaban J connectivity index is 2.23. The average molecular weight is 283 g/mol. The molecule has 6 nitrogen and oxygen atoms in total. The van der Waals surface area contributed by atoms with E-state index in [9.17, 15) is 19.1 Å². The number of carbonyl (C=O) groups is 2. The molecule has 1 atom stereocenters. The Labute approximate surface area is 114 Å². The van der Waals surface area contributed by atoms with Gasteiger partial charge in [0, 0.05) is 13.0 Å². The Bertz CT molecular complexity index is 562. The fraction of sp³-hybridized carbons (Fsp3) is 0.385. The topological polar surface area (TPSA) is 87.1 Å². The number of nitrogens with zero attached hydrogens (tertiary/aromatic N) is 1. The van der Waals surface area contributed by atoms with Crippen LogP contribution in [0.15, 0.2) is 18.2 Å². The molecular formula is C13H14FNO5. The van der Waals surface area contributed by atoms with Crippen molar-refractivity contribution in [3.63, 3.8) is 0 Å². The molecule has 108 valence electrons. The van der Waals surface area contributed by atoms with Crippen molar-refractivity contribution >= 4 is 11.9 Å². The molecule has 0 saturated carbocycles. The number of rotatable bonds is 3. The van der Waals surface area contributed by atoms with Gasteiger partial charge in [-0.1, -0.05) is 0 Å². The number of amides is 1. The molecule has 1 amide bonds. The highest BCUT2D eigenvalue weighted by Gasteiger charge is 2.47. The molecule has 1 aliphatic rings. The van der Waals surface area contributed by atoms with Crippen LogP contribution in [-0.2, 0) is 4.79 Å². The van der Waals surface area contributed by atoms with Gasteiger partial charge in [0.05, 0.1) is 19.2 Å². The van der Waals surface area contributed by atoms with Crippen molar-refractivity contribution in [2.75, 3.05) is 20.2 Å². The third-order valence-electron chi connectivity index (χ3n) is 3.32. The van der Waals surface area contributed by atoms with Crippen LogP contribution >= 0.6 is 0 Å². The third kappa shape index (κ3) is 2.38. The molecule has 1 aliphatic heterocycles. The summed E-state index contributed by atoms with van der Waals surface area (Å²) in [7, 11) is 1.41. The SMILES string of the molecule is COc1ccc(O)c(C(=O)N2CCC(F)(C(=O)O)C2)c1. The Kier molecular flexibility index (Phi) is 3.52. The predicted octanol–water partition coefficient (Wildman–Crippen LogP) is 1.04. The molecule has 1 fully saturated rings. The maximum atomic E-state index is 13.9. The summed E-state index contributed by atoms with van der Waals surface area (Å²) in [6, 6.07) is 4.10. The van der Waals surface area contributed by atoms with Crippen molar-refractivity contribution in [3.05, 3.63) is 23.8 Å². The van der Waals surface area contributed by atoms with Gasteiger partial charge in [-0.05, 0) is 18.2 Å². The van der Waals surface area contributed by atoms with Gasteiger partial charge >= 0.3 is 5.97 Å². The van der Waals surface area contributed by atoms with Crippen molar-refractivity contribution in [2.45, 2.75) is 12.1 Å². The summed E-state index contributed by atoms with van der Waals surface area (Å²) >= 11 is 0. The Morgan fingerprint density at radius 2 is 2.15 bits per heavy atom. The van der Waals surface area contributed by atoms with Crippen molar-refractivity contribution in [1.82, 2.24) is 4.90 Å². The smallest absolute Gasteiger partial charge is 0.343 e. The zero-order valence-corrected chi connectivity index (χ0v) is 10.8. The highest BCUT2D eigenvalue weighted by molar-refractivity contribution is 5.98. The number of phenols is 1. The second-order valence-electron chi connectivity index (χ2n) is 4.63. The van der Waals surface area contributed by atoms with Crippen LogP contribution in [0.25, 0.3) is 0 Å². The van der Waals surface area contributed by atoms with Gasteiger partial charge in [0.15, 0.2) is 0 Å². The summed E-state index contributed by atoms with van der Waals surface area (Å²) in [6.45, 7) is -0.546. The summed E-state index contributed by atoms with van der Waals surface area (Å²) in [4.78, 5) is 24.1. The highest BCUT2D eigenvalue weighted by atomic mass is 19.1. The molecule has 1 aromatic rings. The number of aromatic hydroxyl groups is 1. The van der Waals surface area contributed by atoms with Crippen LogP contribution in [0.5, 0.6) is 11.5 Å². The van der Waals surface area contributed by atoms with Gasteiger partial charge in [0.2, 0.25) is 5.67 Å². The first-order valence-corrected chi connectivity index (χ1v) is 5.96. The number of methoxy groups -OCH3 is 1. The molecule has 1 unspecified atom stereocenters. The molecule has 20 heavy (non-hydrogen) atoms. The van der Waals surface area contributed by atoms with E-state index in [1.54, 1.807) is 0 Å². The second kappa shape index (κ2) is 4.99. The van der Waals surface area contributed by atoms with Crippen LogP contribution < -0.4 is 4.74 Å². The first-order valence-electron chi connectivity index (χ1n) is 5.96. The molecule has 7 heteroatoms. The van der Waals surface area contributed by atoms with Crippen molar-refractivity contribution in [3.8, 4) is 11.5 Å². The normalized spacial score (nSPS) is 21.8. The Morgan fingerprint density at radius 1 is 1.45 bits per heavy atom. The standard InChI is InChI=1S/C13H14FNO5/c1-20-8-2-3-10(16)9(6-8)11(17)15-5-4-13(14,7-15)12(18)19/h2-3,6,16H,4-5,7H2,1H3,(H,18,19). The number of aliphatic carboxylic acids is 1. The Hall–Kier alpha value is -2.31. The lowest BCUT2D eigenvalue weighted by Gasteiger charge is -2.18. The van der Waals surface area contributed by atoms with Gasteiger partial charge in [-0.2, -0.15) is 0 Å². The van der Waals surface area contributed by atoms with Crippen molar-refractivity contribution in [2.24, 2.45) is 0 Å². The van der Waals surface area contributed by atoms with Gasteiger partial charge in [-0.25, -0.2) is 9.18 Å². The van der Waals surface area contributed by atoms with Crippen LogP contribution in [0.4, 0.5) is 4.39 Å². The number of phenolic OH excluding ortho intramolecular Hbond substituents is 1. The first-order chi connectivity index (χ1) is 9.37. The molecule has 0 aromatic heterocycles. The number of hydrogen-bond donors (Lipinski definition) is 2. The molecule has 0 radical (unpaired) electrons. The number of carbonyl (C=O) groups excluding carboxylic acids is 1. The zero-order chi connectivity index (χ0) is 14.9. The van der Waals surface area contributed by atoms with Crippen molar-refractivity contribution in [1.29, 1.82) is 0 Å². The number of halogens is 1. The predicted molar refractivity (Wildman–Crippen MR) is 66.7 cm³/mol. The van der Waals surface area contributed by atoms with Gasteiger partial charge < -0.3 is 19.8 Å². The van der Waals surface area contributed by atoms with E-state index < -0.39 is 24.1 Å². The van der Waals surface area contributed by atoms with E-state index in [1.807, 2.05) is 0 Å². The summed E-state index contributed by atoms with van der Waals surface area (Å²) in [5.41, 5.74) is -2.47. The number of hydrogen-bond acceptors (Lipinski definition) is 4. The zero-order valence-electron chi connectivity index (χ0n) is 10.8. The minimum absolute atomic E-state index is 0.0156. The summed E-state index contributed by atoms with van der Waals surface area (Å²) in [5, 5.41) is 18.5. The van der Waals surface area contributed by atoms with Crippen LogP contribution in [0.2, 0.25) is 0 Å². The van der Waals surface area contributed by atoms with E-state index in [1.165, 1.54) is 25.3 Å². The minimum atomic E-state index is -2.43. The quantitative estimate of drug-likeness (QED) is 0.865. The first kappa shape index (κ1) is 14.1. The van der Waals surface area contributed by atoms with E-state index in [-0.39, 0.29) is 24.3 Å². The maximum absolute atomic E-state index is 13.9. The van der Waals surface area contributed by atoms with E-state index in [0.717, 1.165) is 4.90 Å². The summed E-state index contributed by atoms with van der Waals surface area (Å²) in [5.74, 6) is -2.09. The van der Waals surface area contributed by atoms with Gasteiger partial charge in [-0.15, -0.1) is 0 Å². The van der Waals surface area contributed by atoms with E-state index >= 15 is 0 Å². The lowest BCUT2D eigenvalue weighted by Crippen LogP contribution is -2.38. The third-order valence-corrected chi connectivity index (χ3v) is 3.32. The minimum Gasteiger partial charge on any atom is -0.507 e. The summed E-state index contributed by atoms with van der Waals surface area (Å²) < 4.78 is 18.9. The average Bonchev–Trinajstić information content (AvgIpc) is 2.83. The highest BCUT2D eigenvalue weighted by Crippen LogP contribution is 2.30. The molecule has 0 aliphatic carbocycles. The molecule has 0 bridgehead atoms. The lowest BCUT2D eigenvalue weighted by molar-refractivity contribution is -0.149. The molecule has 1 heterocycles.